The summed E-state index contributed by atoms with van der Waals surface area (Å²) in [4.78, 5) is 13.3. The molecule has 2 rings (SSSR count). The standard InChI is InChI=1S/C13H18N2O4S/c1-10-4-6-12(7-5-10)20(18,19)14-13(17)15-8-2-3-11(16)9-15/h4-7,11,16H,2-3,8-9H2,1H3,(H,14,17). The first-order valence-electron chi connectivity index (χ1n) is 6.45. The van der Waals surface area contributed by atoms with Crippen LogP contribution in [0.1, 0.15) is 18.4 Å². The van der Waals surface area contributed by atoms with Gasteiger partial charge in [-0.15, -0.1) is 0 Å². The minimum absolute atomic E-state index is 0.0500. The van der Waals surface area contributed by atoms with E-state index in [1.807, 2.05) is 11.6 Å². The molecule has 1 heterocycles. The number of piperidine rings is 1. The normalized spacial score (nSPS) is 19.7. The Hall–Kier alpha value is -1.60. The number of benzene rings is 1. The summed E-state index contributed by atoms with van der Waals surface area (Å²) in [5.74, 6) is 0. The van der Waals surface area contributed by atoms with Crippen LogP contribution < -0.4 is 4.72 Å². The molecule has 1 atom stereocenters. The lowest BCUT2D eigenvalue weighted by Crippen LogP contribution is -2.48. The lowest BCUT2D eigenvalue weighted by atomic mass is 10.1. The fourth-order valence-electron chi connectivity index (χ4n) is 2.10. The van der Waals surface area contributed by atoms with E-state index in [1.165, 1.54) is 17.0 Å². The van der Waals surface area contributed by atoms with Gasteiger partial charge in [-0.05, 0) is 31.9 Å². The van der Waals surface area contributed by atoms with Gasteiger partial charge in [-0.25, -0.2) is 17.9 Å². The smallest absolute Gasteiger partial charge is 0.331 e. The van der Waals surface area contributed by atoms with E-state index in [4.69, 9.17) is 0 Å². The van der Waals surface area contributed by atoms with Crippen LogP contribution in [-0.2, 0) is 10.0 Å². The molecule has 2 amide bonds. The summed E-state index contributed by atoms with van der Waals surface area (Å²) in [6.07, 6.45) is 0.713. The Kier molecular flexibility index (Phi) is 4.29. The summed E-state index contributed by atoms with van der Waals surface area (Å²) < 4.78 is 26.1. The van der Waals surface area contributed by atoms with Gasteiger partial charge in [0.2, 0.25) is 0 Å². The lowest BCUT2D eigenvalue weighted by Gasteiger charge is -2.29. The molecule has 2 N–H and O–H groups in total. The number of urea groups is 1. The van der Waals surface area contributed by atoms with Crippen molar-refractivity contribution in [3.8, 4) is 0 Å². The molecular weight excluding hydrogens is 280 g/mol. The van der Waals surface area contributed by atoms with E-state index >= 15 is 0 Å². The Morgan fingerprint density at radius 2 is 2.00 bits per heavy atom. The summed E-state index contributed by atoms with van der Waals surface area (Å²) in [6, 6.07) is 5.56. The van der Waals surface area contributed by atoms with E-state index in [-0.39, 0.29) is 11.4 Å². The first-order chi connectivity index (χ1) is 9.38. The zero-order valence-corrected chi connectivity index (χ0v) is 12.1. The van der Waals surface area contributed by atoms with E-state index in [0.717, 1.165) is 5.56 Å². The minimum atomic E-state index is -3.87. The quantitative estimate of drug-likeness (QED) is 0.847. The molecule has 1 saturated heterocycles. The number of hydrogen-bond donors (Lipinski definition) is 2. The molecule has 0 radical (unpaired) electrons. The number of β-amino-alcohol motifs (C(OH)–C–C–N with tert-alkyl or cyclic N) is 1. The van der Waals surface area contributed by atoms with Crippen LogP contribution >= 0.6 is 0 Å². The number of carbonyl (C=O) groups excluding carboxylic acids is 1. The molecule has 0 bridgehead atoms. The SMILES string of the molecule is Cc1ccc(S(=O)(=O)NC(=O)N2CCCC(O)C2)cc1. The second-order valence-corrected chi connectivity index (χ2v) is 6.65. The van der Waals surface area contributed by atoms with Crippen LogP contribution in [0.3, 0.4) is 0 Å². The molecule has 1 aromatic rings. The van der Waals surface area contributed by atoms with Crippen molar-refractivity contribution in [3.05, 3.63) is 29.8 Å². The maximum absolute atomic E-state index is 12.1. The average molecular weight is 298 g/mol. The van der Waals surface area contributed by atoms with Crippen molar-refractivity contribution in [1.82, 2.24) is 9.62 Å². The maximum atomic E-state index is 12.1. The molecule has 1 aliphatic heterocycles. The highest BCUT2D eigenvalue weighted by Gasteiger charge is 2.26. The van der Waals surface area contributed by atoms with Crippen molar-refractivity contribution in [2.75, 3.05) is 13.1 Å². The Labute approximate surface area is 118 Å². The highest BCUT2D eigenvalue weighted by Crippen LogP contribution is 2.13. The molecule has 1 fully saturated rings. The van der Waals surface area contributed by atoms with Gasteiger partial charge in [-0.3, -0.25) is 0 Å². The highest BCUT2D eigenvalue weighted by molar-refractivity contribution is 7.90. The average Bonchev–Trinajstić information content (AvgIpc) is 2.38. The topological polar surface area (TPSA) is 86.7 Å². The molecule has 1 unspecified atom stereocenters. The van der Waals surface area contributed by atoms with E-state index in [1.54, 1.807) is 12.1 Å². The van der Waals surface area contributed by atoms with Crippen molar-refractivity contribution in [2.24, 2.45) is 0 Å². The predicted octanol–water partition coefficient (Wildman–Crippen LogP) is 0.850. The van der Waals surface area contributed by atoms with Crippen LogP contribution in [0.2, 0.25) is 0 Å². The predicted molar refractivity (Wildman–Crippen MR) is 73.7 cm³/mol. The van der Waals surface area contributed by atoms with Gasteiger partial charge in [0.05, 0.1) is 11.0 Å². The summed E-state index contributed by atoms with van der Waals surface area (Å²) >= 11 is 0. The zero-order chi connectivity index (χ0) is 14.8. The van der Waals surface area contributed by atoms with E-state index in [2.05, 4.69) is 0 Å². The van der Waals surface area contributed by atoms with Gasteiger partial charge in [0, 0.05) is 13.1 Å². The molecule has 0 saturated carbocycles. The Balaban J connectivity index is 2.08. The van der Waals surface area contributed by atoms with Gasteiger partial charge in [0.25, 0.3) is 10.0 Å². The van der Waals surface area contributed by atoms with Gasteiger partial charge in [-0.2, -0.15) is 0 Å². The number of carbonyl (C=O) groups is 1. The van der Waals surface area contributed by atoms with Crippen LogP contribution in [-0.4, -0.2) is 43.6 Å². The molecule has 1 aromatic carbocycles. The largest absolute Gasteiger partial charge is 0.391 e. The first kappa shape index (κ1) is 14.8. The molecule has 7 heteroatoms. The number of likely N-dealkylation sites (tertiary alicyclic amines) is 1. The van der Waals surface area contributed by atoms with Crippen molar-refractivity contribution in [3.63, 3.8) is 0 Å². The third-order valence-electron chi connectivity index (χ3n) is 3.24. The van der Waals surface area contributed by atoms with Crippen LogP contribution in [0.15, 0.2) is 29.2 Å². The van der Waals surface area contributed by atoms with Crippen molar-refractivity contribution in [2.45, 2.75) is 30.8 Å². The second-order valence-electron chi connectivity index (χ2n) is 4.97. The summed E-state index contributed by atoms with van der Waals surface area (Å²) in [5, 5.41) is 9.50. The fourth-order valence-corrected chi connectivity index (χ4v) is 3.07. The molecule has 0 aromatic heterocycles. The van der Waals surface area contributed by atoms with Crippen LogP contribution in [0, 0.1) is 6.92 Å². The maximum Gasteiger partial charge on any atom is 0.331 e. The van der Waals surface area contributed by atoms with E-state index in [0.29, 0.717) is 19.4 Å². The van der Waals surface area contributed by atoms with Gasteiger partial charge >= 0.3 is 6.03 Å². The molecule has 0 spiro atoms. The molecule has 110 valence electrons. The number of nitrogens with zero attached hydrogens (tertiary/aromatic N) is 1. The minimum Gasteiger partial charge on any atom is -0.391 e. The Bertz CT molecular complexity index is 583. The van der Waals surface area contributed by atoms with Crippen molar-refractivity contribution < 1.29 is 18.3 Å². The Morgan fingerprint density at radius 1 is 1.35 bits per heavy atom. The third kappa shape index (κ3) is 3.49. The monoisotopic (exact) mass is 298 g/mol. The Morgan fingerprint density at radius 3 is 2.60 bits per heavy atom. The van der Waals surface area contributed by atoms with Crippen LogP contribution in [0.4, 0.5) is 4.79 Å². The number of aliphatic hydroxyl groups excluding tert-OH is 1. The first-order valence-corrected chi connectivity index (χ1v) is 7.93. The molecular formula is C13H18N2O4S. The summed E-state index contributed by atoms with van der Waals surface area (Å²) in [6.45, 7) is 2.46. The summed E-state index contributed by atoms with van der Waals surface area (Å²) in [7, 11) is -3.87. The third-order valence-corrected chi connectivity index (χ3v) is 4.57. The number of hydrogen-bond acceptors (Lipinski definition) is 4. The van der Waals surface area contributed by atoms with E-state index in [9.17, 15) is 18.3 Å². The van der Waals surface area contributed by atoms with Crippen LogP contribution in [0.5, 0.6) is 0 Å². The van der Waals surface area contributed by atoms with Crippen molar-refractivity contribution in [1.29, 1.82) is 0 Å². The van der Waals surface area contributed by atoms with Gasteiger partial charge in [0.15, 0.2) is 0 Å². The number of sulfonamides is 1. The van der Waals surface area contributed by atoms with Crippen molar-refractivity contribution >= 4 is 16.1 Å². The fraction of sp³-hybridized carbons (Fsp3) is 0.462. The van der Waals surface area contributed by atoms with Crippen LogP contribution in [0.25, 0.3) is 0 Å². The zero-order valence-electron chi connectivity index (χ0n) is 11.2. The van der Waals surface area contributed by atoms with E-state index < -0.39 is 22.2 Å². The highest BCUT2D eigenvalue weighted by atomic mass is 32.2. The number of rotatable bonds is 2. The lowest BCUT2D eigenvalue weighted by molar-refractivity contribution is 0.0859. The molecule has 1 aliphatic rings. The summed E-state index contributed by atoms with van der Waals surface area (Å²) in [5.41, 5.74) is 0.939. The molecule has 20 heavy (non-hydrogen) atoms. The number of amides is 2. The van der Waals surface area contributed by atoms with Gasteiger partial charge in [0.1, 0.15) is 0 Å². The second kappa shape index (κ2) is 5.80. The van der Waals surface area contributed by atoms with Gasteiger partial charge < -0.3 is 10.0 Å². The number of aryl methyl sites for hydroxylation is 1. The molecule has 6 nitrogen and oxygen atoms in total. The van der Waals surface area contributed by atoms with Gasteiger partial charge in [-0.1, -0.05) is 17.7 Å². The molecule has 0 aliphatic carbocycles. The number of aliphatic hydroxyl groups is 1. The number of nitrogens with one attached hydrogen (secondary N) is 1.